The fourth-order valence-electron chi connectivity index (χ4n) is 2.22. The Morgan fingerprint density at radius 2 is 1.59 bits per heavy atom. The molecule has 1 aromatic rings. The summed E-state index contributed by atoms with van der Waals surface area (Å²) in [6.45, 7) is 2.99. The predicted octanol–water partition coefficient (Wildman–Crippen LogP) is 3.77. The average molecular weight is 243 g/mol. The Hall–Kier alpha value is -1.19. The summed E-state index contributed by atoms with van der Waals surface area (Å²) in [7, 11) is 0. The standard InChI is InChI=1S/C13H16F3N/c1-10-2-4-12(5-3-10)17-8-6-11(7-9-17)13(14,15)16/h2-5,11H,6-9H2,1H3. The highest BCUT2D eigenvalue weighted by Gasteiger charge is 2.40. The van der Waals surface area contributed by atoms with Gasteiger partial charge in [-0.1, -0.05) is 17.7 Å². The number of rotatable bonds is 1. The molecule has 0 amide bonds. The average Bonchev–Trinajstić information content (AvgIpc) is 2.29. The van der Waals surface area contributed by atoms with Gasteiger partial charge < -0.3 is 4.90 Å². The Morgan fingerprint density at radius 1 is 1.06 bits per heavy atom. The molecule has 4 heteroatoms. The van der Waals surface area contributed by atoms with E-state index in [2.05, 4.69) is 0 Å². The molecule has 1 saturated heterocycles. The summed E-state index contributed by atoms with van der Waals surface area (Å²) in [4.78, 5) is 2.03. The third-order valence-corrected chi connectivity index (χ3v) is 3.36. The minimum absolute atomic E-state index is 0.206. The molecule has 0 bridgehead atoms. The molecule has 0 unspecified atom stereocenters. The summed E-state index contributed by atoms with van der Waals surface area (Å²) < 4.78 is 37.5. The summed E-state index contributed by atoms with van der Waals surface area (Å²) in [6, 6.07) is 7.93. The summed E-state index contributed by atoms with van der Waals surface area (Å²) >= 11 is 0. The molecule has 1 heterocycles. The Morgan fingerprint density at radius 3 is 2.06 bits per heavy atom. The highest BCUT2D eigenvalue weighted by Crippen LogP contribution is 2.35. The number of piperidine rings is 1. The minimum atomic E-state index is -4.03. The number of anilines is 1. The Labute approximate surface area is 99.2 Å². The van der Waals surface area contributed by atoms with Crippen LogP contribution in [0.2, 0.25) is 0 Å². The van der Waals surface area contributed by atoms with E-state index in [0.717, 1.165) is 5.69 Å². The van der Waals surface area contributed by atoms with Crippen LogP contribution in [0, 0.1) is 12.8 Å². The van der Waals surface area contributed by atoms with Crippen molar-refractivity contribution in [3.8, 4) is 0 Å². The van der Waals surface area contributed by atoms with Gasteiger partial charge in [0.2, 0.25) is 0 Å². The fourth-order valence-corrected chi connectivity index (χ4v) is 2.22. The molecule has 1 aliphatic heterocycles. The molecular formula is C13H16F3N. The number of halogens is 3. The van der Waals surface area contributed by atoms with Crippen molar-refractivity contribution in [2.75, 3.05) is 18.0 Å². The van der Waals surface area contributed by atoms with E-state index in [1.165, 1.54) is 5.56 Å². The molecule has 0 radical (unpaired) electrons. The molecule has 0 atom stereocenters. The van der Waals surface area contributed by atoms with Crippen LogP contribution in [0.15, 0.2) is 24.3 Å². The van der Waals surface area contributed by atoms with E-state index in [4.69, 9.17) is 0 Å². The van der Waals surface area contributed by atoms with E-state index in [-0.39, 0.29) is 12.8 Å². The summed E-state index contributed by atoms with van der Waals surface area (Å²) in [5, 5.41) is 0. The quantitative estimate of drug-likeness (QED) is 0.725. The number of nitrogens with zero attached hydrogens (tertiary/aromatic N) is 1. The van der Waals surface area contributed by atoms with Crippen LogP contribution in [0.25, 0.3) is 0 Å². The lowest BCUT2D eigenvalue weighted by molar-refractivity contribution is -0.179. The number of aryl methyl sites for hydroxylation is 1. The summed E-state index contributed by atoms with van der Waals surface area (Å²) in [6.07, 6.45) is -3.62. The summed E-state index contributed by atoms with van der Waals surface area (Å²) in [5.74, 6) is -1.12. The van der Waals surface area contributed by atoms with Gasteiger partial charge in [-0.2, -0.15) is 13.2 Å². The van der Waals surface area contributed by atoms with E-state index in [1.807, 2.05) is 36.1 Å². The van der Waals surface area contributed by atoms with Crippen LogP contribution < -0.4 is 4.90 Å². The van der Waals surface area contributed by atoms with Crippen molar-refractivity contribution >= 4 is 5.69 Å². The molecule has 2 rings (SSSR count). The maximum Gasteiger partial charge on any atom is 0.391 e. The first-order chi connectivity index (χ1) is 7.97. The normalized spacial score (nSPS) is 18.5. The molecule has 1 nitrogen and oxygen atoms in total. The van der Waals surface area contributed by atoms with Gasteiger partial charge in [-0.3, -0.25) is 0 Å². The van der Waals surface area contributed by atoms with Crippen LogP contribution in [0.3, 0.4) is 0 Å². The molecule has 0 spiro atoms. The fraction of sp³-hybridized carbons (Fsp3) is 0.538. The van der Waals surface area contributed by atoms with E-state index in [9.17, 15) is 13.2 Å². The highest BCUT2D eigenvalue weighted by atomic mass is 19.4. The largest absolute Gasteiger partial charge is 0.391 e. The van der Waals surface area contributed by atoms with Gasteiger partial charge in [-0.05, 0) is 31.9 Å². The van der Waals surface area contributed by atoms with Crippen LogP contribution in [0.4, 0.5) is 18.9 Å². The number of hydrogen-bond donors (Lipinski definition) is 0. The van der Waals surface area contributed by atoms with Crippen molar-refractivity contribution in [3.05, 3.63) is 29.8 Å². The zero-order valence-corrected chi connectivity index (χ0v) is 9.80. The molecule has 17 heavy (non-hydrogen) atoms. The van der Waals surface area contributed by atoms with E-state index in [0.29, 0.717) is 13.1 Å². The Kier molecular flexibility index (Phi) is 3.31. The second-order valence-electron chi connectivity index (χ2n) is 4.64. The van der Waals surface area contributed by atoms with Gasteiger partial charge in [0.25, 0.3) is 0 Å². The molecular weight excluding hydrogens is 227 g/mol. The van der Waals surface area contributed by atoms with E-state index < -0.39 is 12.1 Å². The lowest BCUT2D eigenvalue weighted by Crippen LogP contribution is -2.38. The van der Waals surface area contributed by atoms with Crippen molar-refractivity contribution in [3.63, 3.8) is 0 Å². The van der Waals surface area contributed by atoms with Crippen molar-refractivity contribution in [2.45, 2.75) is 25.9 Å². The zero-order chi connectivity index (χ0) is 12.5. The third-order valence-electron chi connectivity index (χ3n) is 3.36. The lowest BCUT2D eigenvalue weighted by Gasteiger charge is -2.34. The summed E-state index contributed by atoms with van der Waals surface area (Å²) in [5.41, 5.74) is 2.19. The maximum absolute atomic E-state index is 12.5. The zero-order valence-electron chi connectivity index (χ0n) is 9.80. The maximum atomic E-state index is 12.5. The second kappa shape index (κ2) is 4.59. The third kappa shape index (κ3) is 2.93. The first-order valence-corrected chi connectivity index (χ1v) is 5.85. The predicted molar refractivity (Wildman–Crippen MR) is 62.2 cm³/mol. The number of hydrogen-bond acceptors (Lipinski definition) is 1. The van der Waals surface area contributed by atoms with Gasteiger partial charge in [0.1, 0.15) is 0 Å². The second-order valence-corrected chi connectivity index (χ2v) is 4.64. The molecule has 1 fully saturated rings. The number of alkyl halides is 3. The van der Waals surface area contributed by atoms with E-state index in [1.54, 1.807) is 0 Å². The number of benzene rings is 1. The van der Waals surface area contributed by atoms with Gasteiger partial charge in [0, 0.05) is 18.8 Å². The highest BCUT2D eigenvalue weighted by molar-refractivity contribution is 5.47. The van der Waals surface area contributed by atoms with Crippen molar-refractivity contribution in [2.24, 2.45) is 5.92 Å². The van der Waals surface area contributed by atoms with Gasteiger partial charge in [-0.25, -0.2) is 0 Å². The smallest absolute Gasteiger partial charge is 0.372 e. The van der Waals surface area contributed by atoms with Gasteiger partial charge in [0.05, 0.1) is 5.92 Å². The molecule has 0 aromatic heterocycles. The molecule has 0 saturated carbocycles. The van der Waals surface area contributed by atoms with Crippen LogP contribution in [-0.4, -0.2) is 19.3 Å². The van der Waals surface area contributed by atoms with Crippen molar-refractivity contribution < 1.29 is 13.2 Å². The molecule has 94 valence electrons. The minimum Gasteiger partial charge on any atom is -0.372 e. The van der Waals surface area contributed by atoms with Crippen molar-refractivity contribution in [1.29, 1.82) is 0 Å². The Balaban J connectivity index is 1.97. The lowest BCUT2D eigenvalue weighted by atomic mass is 9.96. The SMILES string of the molecule is Cc1ccc(N2CCC(C(F)(F)F)CC2)cc1. The first kappa shape index (κ1) is 12.3. The topological polar surface area (TPSA) is 3.24 Å². The van der Waals surface area contributed by atoms with Crippen LogP contribution in [0.5, 0.6) is 0 Å². The van der Waals surface area contributed by atoms with Gasteiger partial charge in [0.15, 0.2) is 0 Å². The molecule has 0 N–H and O–H groups in total. The van der Waals surface area contributed by atoms with E-state index >= 15 is 0 Å². The van der Waals surface area contributed by atoms with Crippen LogP contribution >= 0.6 is 0 Å². The Bertz CT molecular complexity index is 361. The van der Waals surface area contributed by atoms with Crippen molar-refractivity contribution in [1.82, 2.24) is 0 Å². The van der Waals surface area contributed by atoms with Crippen LogP contribution in [-0.2, 0) is 0 Å². The van der Waals surface area contributed by atoms with Crippen LogP contribution in [0.1, 0.15) is 18.4 Å². The molecule has 0 aliphatic carbocycles. The first-order valence-electron chi connectivity index (χ1n) is 5.85. The van der Waals surface area contributed by atoms with Gasteiger partial charge >= 0.3 is 6.18 Å². The monoisotopic (exact) mass is 243 g/mol. The molecule has 1 aromatic carbocycles. The molecule has 1 aliphatic rings. The van der Waals surface area contributed by atoms with Gasteiger partial charge in [-0.15, -0.1) is 0 Å².